The van der Waals surface area contributed by atoms with Gasteiger partial charge in [-0.2, -0.15) is 0 Å². The van der Waals surface area contributed by atoms with Crippen molar-refractivity contribution in [3.8, 4) is 11.5 Å². The molecule has 2 N–H and O–H groups in total. The normalized spacial score (nSPS) is 14.5. The van der Waals surface area contributed by atoms with Gasteiger partial charge in [-0.15, -0.1) is 0 Å². The first-order valence-electron chi connectivity index (χ1n) is 10.8. The van der Waals surface area contributed by atoms with E-state index in [0.29, 0.717) is 6.54 Å². The summed E-state index contributed by atoms with van der Waals surface area (Å²) in [6.07, 6.45) is -0.755. The Morgan fingerprint density at radius 3 is 2.19 bits per heavy atom. The molecule has 2 atom stereocenters. The van der Waals surface area contributed by atoms with E-state index in [0.717, 1.165) is 35.7 Å². The van der Waals surface area contributed by atoms with Crippen molar-refractivity contribution in [3.63, 3.8) is 0 Å². The zero-order chi connectivity index (χ0) is 21.5. The maximum atomic E-state index is 10.7. The maximum Gasteiger partial charge on any atom is 0.231 e. The van der Waals surface area contributed by atoms with Crippen molar-refractivity contribution < 1.29 is 24.2 Å². The first kappa shape index (κ1) is 21.4. The van der Waals surface area contributed by atoms with Crippen molar-refractivity contribution >= 4 is 0 Å². The number of aliphatic hydroxyl groups excluding tert-OH is 1. The summed E-state index contributed by atoms with van der Waals surface area (Å²) in [6.45, 7) is 5.02. The number of aliphatic hydroxyl groups is 1. The minimum Gasteiger partial charge on any atom is -0.454 e. The second-order valence-corrected chi connectivity index (χ2v) is 7.86. The zero-order valence-corrected chi connectivity index (χ0v) is 17.9. The van der Waals surface area contributed by atoms with Crippen molar-refractivity contribution in [2.75, 3.05) is 26.5 Å². The Labute approximate surface area is 183 Å². The fourth-order valence-corrected chi connectivity index (χ4v) is 3.92. The fourth-order valence-electron chi connectivity index (χ4n) is 3.92. The number of rotatable bonds is 10. The van der Waals surface area contributed by atoms with E-state index in [9.17, 15) is 5.11 Å². The van der Waals surface area contributed by atoms with Crippen molar-refractivity contribution in [1.29, 1.82) is 0 Å². The van der Waals surface area contributed by atoms with Gasteiger partial charge in [0.15, 0.2) is 11.5 Å². The topological polar surface area (TPSA) is 52.4 Å². The lowest BCUT2D eigenvalue weighted by atomic mass is 10.0. The van der Waals surface area contributed by atoms with E-state index in [2.05, 4.69) is 37.3 Å². The van der Waals surface area contributed by atoms with Crippen molar-refractivity contribution in [1.82, 2.24) is 0 Å². The molecule has 3 aromatic rings. The number of nitrogens with one attached hydrogen (secondary N) is 1. The van der Waals surface area contributed by atoms with Crippen LogP contribution in [-0.2, 0) is 11.3 Å². The largest absolute Gasteiger partial charge is 0.454 e. The highest BCUT2D eigenvalue weighted by atomic mass is 16.7. The number of hydrogen-bond acceptors (Lipinski definition) is 4. The smallest absolute Gasteiger partial charge is 0.231 e. The van der Waals surface area contributed by atoms with Crippen molar-refractivity contribution in [2.24, 2.45) is 0 Å². The molecule has 5 heteroatoms. The number of fused-ring (bicyclic) bond motifs is 1. The number of benzene rings is 3. The second-order valence-electron chi connectivity index (χ2n) is 7.86. The highest BCUT2D eigenvalue weighted by molar-refractivity contribution is 5.44. The van der Waals surface area contributed by atoms with Crippen LogP contribution in [0, 0.1) is 0 Å². The Bertz CT molecular complexity index is 909. The van der Waals surface area contributed by atoms with Gasteiger partial charge in [-0.1, -0.05) is 60.7 Å². The maximum absolute atomic E-state index is 10.7. The lowest BCUT2D eigenvalue weighted by Crippen LogP contribution is -3.11. The van der Waals surface area contributed by atoms with Crippen LogP contribution >= 0.6 is 0 Å². The van der Waals surface area contributed by atoms with Crippen molar-refractivity contribution in [2.45, 2.75) is 25.7 Å². The molecule has 1 aliphatic rings. The Morgan fingerprint density at radius 2 is 1.55 bits per heavy atom. The van der Waals surface area contributed by atoms with E-state index in [1.165, 1.54) is 10.5 Å². The van der Waals surface area contributed by atoms with E-state index < -0.39 is 6.10 Å². The van der Waals surface area contributed by atoms with Gasteiger partial charge >= 0.3 is 0 Å². The van der Waals surface area contributed by atoms with Crippen LogP contribution in [-0.4, -0.2) is 37.7 Å². The highest BCUT2D eigenvalue weighted by Gasteiger charge is 2.20. The number of likely N-dealkylation sites (N-methyl/N-ethyl adjacent to an activating group) is 1. The molecular formula is C26H30NO4+. The van der Waals surface area contributed by atoms with Crippen LogP contribution in [0.2, 0.25) is 0 Å². The van der Waals surface area contributed by atoms with Gasteiger partial charge in [-0.05, 0) is 36.2 Å². The predicted octanol–water partition coefficient (Wildman–Crippen LogP) is 2.99. The minimum atomic E-state index is -0.557. The average Bonchev–Trinajstić information content (AvgIpc) is 3.28. The van der Waals surface area contributed by atoms with Crippen LogP contribution in [0.5, 0.6) is 11.5 Å². The van der Waals surface area contributed by atoms with Gasteiger partial charge in [-0.3, -0.25) is 0 Å². The first-order valence-corrected chi connectivity index (χ1v) is 10.8. The molecule has 0 radical (unpaired) electrons. The van der Waals surface area contributed by atoms with Crippen LogP contribution in [0.3, 0.4) is 0 Å². The zero-order valence-electron chi connectivity index (χ0n) is 17.9. The van der Waals surface area contributed by atoms with Crippen LogP contribution in [0.1, 0.15) is 29.7 Å². The molecule has 3 aromatic carbocycles. The molecule has 0 fully saturated rings. The minimum absolute atomic E-state index is 0.198. The molecular weight excluding hydrogens is 390 g/mol. The summed E-state index contributed by atoms with van der Waals surface area (Å²) in [5.74, 6) is 1.59. The summed E-state index contributed by atoms with van der Waals surface area (Å²) in [5, 5.41) is 10.7. The fraction of sp³-hybridized carbons (Fsp3) is 0.308. The third-order valence-electron chi connectivity index (χ3n) is 5.58. The predicted molar refractivity (Wildman–Crippen MR) is 119 cm³/mol. The molecule has 0 spiro atoms. The molecule has 0 saturated carbocycles. The van der Waals surface area contributed by atoms with E-state index >= 15 is 0 Å². The molecule has 0 amide bonds. The Kier molecular flexibility index (Phi) is 7.20. The van der Waals surface area contributed by atoms with Gasteiger partial charge in [0.05, 0.1) is 13.2 Å². The Hall–Kier alpha value is -2.86. The van der Waals surface area contributed by atoms with Crippen LogP contribution in [0.25, 0.3) is 0 Å². The summed E-state index contributed by atoms with van der Waals surface area (Å²) >= 11 is 0. The van der Waals surface area contributed by atoms with E-state index in [4.69, 9.17) is 14.2 Å². The molecule has 162 valence electrons. The van der Waals surface area contributed by atoms with Crippen molar-refractivity contribution in [3.05, 3.63) is 95.6 Å². The molecule has 0 aromatic heterocycles. The molecule has 0 aliphatic carbocycles. The Balaban J connectivity index is 1.36. The highest BCUT2D eigenvalue weighted by Crippen LogP contribution is 2.32. The molecule has 1 aliphatic heterocycles. The number of ether oxygens (including phenoxy) is 3. The number of hydrogen-bond donors (Lipinski definition) is 2. The van der Waals surface area contributed by atoms with Crippen LogP contribution in [0.4, 0.5) is 0 Å². The summed E-state index contributed by atoms with van der Waals surface area (Å²) in [6, 6.07) is 26.3. The quantitative estimate of drug-likeness (QED) is 0.530. The van der Waals surface area contributed by atoms with Gasteiger partial charge in [0.25, 0.3) is 0 Å². The average molecular weight is 421 g/mol. The summed E-state index contributed by atoms with van der Waals surface area (Å²) < 4.78 is 17.1. The lowest BCUT2D eigenvalue weighted by Gasteiger charge is -2.24. The van der Waals surface area contributed by atoms with Gasteiger partial charge in [0.2, 0.25) is 6.79 Å². The summed E-state index contributed by atoms with van der Waals surface area (Å²) in [5.41, 5.74) is 3.34. The van der Waals surface area contributed by atoms with Crippen LogP contribution in [0.15, 0.2) is 78.9 Å². The third kappa shape index (κ3) is 5.64. The van der Waals surface area contributed by atoms with E-state index in [1.54, 1.807) is 0 Å². The number of quaternary nitrogens is 1. The third-order valence-corrected chi connectivity index (χ3v) is 5.58. The molecule has 1 heterocycles. The van der Waals surface area contributed by atoms with E-state index in [-0.39, 0.29) is 19.5 Å². The molecule has 31 heavy (non-hydrogen) atoms. The standard InChI is InChI=1S/C26H29NO4/c1-2-27(16-20-13-14-24-25(15-20)31-19-30-24)17-23(28)18-29-26(21-9-5-3-6-10-21)22-11-7-4-8-12-22/h3-15,23,26,28H,2,16-19H2,1H3/p+1/t23-/m1/s1. The van der Waals surface area contributed by atoms with Gasteiger partial charge < -0.3 is 24.2 Å². The Morgan fingerprint density at radius 1 is 0.903 bits per heavy atom. The summed E-state index contributed by atoms with van der Waals surface area (Å²) in [4.78, 5) is 1.28. The molecule has 1 unspecified atom stereocenters. The summed E-state index contributed by atoms with van der Waals surface area (Å²) in [7, 11) is 0. The second kappa shape index (κ2) is 10.4. The molecule has 0 bridgehead atoms. The van der Waals surface area contributed by atoms with Gasteiger partial charge in [0.1, 0.15) is 25.3 Å². The molecule has 0 saturated heterocycles. The molecule has 4 rings (SSSR count). The van der Waals surface area contributed by atoms with Gasteiger partial charge in [0, 0.05) is 5.56 Å². The monoisotopic (exact) mass is 420 g/mol. The lowest BCUT2D eigenvalue weighted by molar-refractivity contribution is -0.915. The van der Waals surface area contributed by atoms with E-state index in [1.807, 2.05) is 48.5 Å². The molecule has 5 nitrogen and oxygen atoms in total. The van der Waals surface area contributed by atoms with Gasteiger partial charge in [-0.25, -0.2) is 0 Å². The SMILES string of the molecule is CC[NH+](Cc1ccc2c(c1)OCO2)C[C@@H](O)COC(c1ccccc1)c1ccccc1. The first-order chi connectivity index (χ1) is 15.2. The van der Waals surface area contributed by atoms with Crippen LogP contribution < -0.4 is 14.4 Å².